The van der Waals surface area contributed by atoms with Crippen LogP contribution in [0, 0.1) is 0 Å². The Bertz CT molecular complexity index is 271. The number of imidazole rings is 1. The van der Waals surface area contributed by atoms with Crippen molar-refractivity contribution < 1.29 is 0 Å². The first-order valence-electron chi connectivity index (χ1n) is 2.94. The van der Waals surface area contributed by atoms with Crippen molar-refractivity contribution >= 4 is 37.3 Å². The number of aromatic amines is 2. The van der Waals surface area contributed by atoms with Crippen LogP contribution in [0.2, 0.25) is 0 Å². The van der Waals surface area contributed by atoms with Crippen LogP contribution in [0.15, 0.2) is 18.7 Å². The molecule has 0 saturated heterocycles. The lowest BCUT2D eigenvalue weighted by molar-refractivity contribution is 1.31. The Hall–Kier alpha value is -0.200. The minimum absolute atomic E-state index is 0.530. The van der Waals surface area contributed by atoms with E-state index in [1.54, 1.807) is 22.3 Å². The van der Waals surface area contributed by atoms with Gasteiger partial charge in [-0.25, -0.2) is 4.98 Å². The second-order valence-corrected chi connectivity index (χ2v) is 6.07. The minimum Gasteiger partial charge on any atom is -0.351 e. The van der Waals surface area contributed by atoms with Gasteiger partial charge in [0.25, 0.3) is 0 Å². The molecule has 2 rings (SSSR count). The second kappa shape index (κ2) is 6.33. The molecule has 0 bridgehead atoms. The van der Waals surface area contributed by atoms with Gasteiger partial charge in [0.15, 0.2) is 8.51 Å². The summed E-state index contributed by atoms with van der Waals surface area (Å²) in [5, 5.41) is 0. The van der Waals surface area contributed by atoms with Gasteiger partial charge in [0.05, 0.1) is 6.33 Å². The lowest BCUT2D eigenvalue weighted by Gasteiger charge is -1.85. The third-order valence-electron chi connectivity index (χ3n) is 0.783. The Balaban J connectivity index is 0.000000127. The number of nitrogens with one attached hydrogen (secondary N) is 2. The zero-order valence-electron chi connectivity index (χ0n) is 5.90. The maximum Gasteiger partial charge on any atom is 0.158 e. The molecule has 0 aliphatic heterocycles. The number of hydrogen-bond acceptors (Lipinski definition) is 2. The normalized spacial score (nSPS) is 10.4. The van der Waals surface area contributed by atoms with E-state index < -0.39 is 0 Å². The molecule has 2 aromatic heterocycles. The van der Waals surface area contributed by atoms with Crippen LogP contribution in [0.1, 0.15) is 0 Å². The van der Waals surface area contributed by atoms with Crippen LogP contribution in [-0.4, -0.2) is 22.6 Å². The highest BCUT2D eigenvalue weighted by Gasteiger charge is 1.71. The topological polar surface area (TPSA) is 62.3 Å². The highest BCUT2D eigenvalue weighted by atomic mass is 35.5. The molecule has 2 N–H and O–H groups in total. The van der Waals surface area contributed by atoms with Crippen LogP contribution in [0.4, 0.5) is 0 Å². The molecule has 0 aliphatic carbocycles. The maximum absolute atomic E-state index is 5.50. The van der Waals surface area contributed by atoms with Crippen LogP contribution >= 0.6 is 37.3 Å². The fraction of sp³-hybridized carbons (Fsp3) is 0. The first kappa shape index (κ1) is 9.88. The van der Waals surface area contributed by atoms with Crippen molar-refractivity contribution in [3.63, 3.8) is 0 Å². The van der Waals surface area contributed by atoms with Crippen molar-refractivity contribution in [2.75, 3.05) is 0 Å². The Morgan fingerprint density at radius 2 is 2.50 bits per heavy atom. The predicted octanol–water partition coefficient (Wildman–Crippen LogP) is 2.39. The third kappa shape index (κ3) is 4.63. The van der Waals surface area contributed by atoms with E-state index in [0.717, 1.165) is 8.51 Å². The van der Waals surface area contributed by atoms with Crippen molar-refractivity contribution in [1.82, 2.24) is 22.6 Å². The molecule has 2 unspecified atom stereocenters. The number of halogens is 1. The molecule has 2 aromatic rings. The van der Waals surface area contributed by atoms with E-state index in [4.69, 9.17) is 11.8 Å². The molecule has 0 aromatic carbocycles. The molecule has 2 heterocycles. The highest BCUT2D eigenvalue weighted by molar-refractivity contribution is 7.45. The van der Waals surface area contributed by atoms with E-state index in [9.17, 15) is 0 Å². The van der Waals surface area contributed by atoms with Crippen molar-refractivity contribution in [2.24, 2.45) is 0 Å². The summed E-state index contributed by atoms with van der Waals surface area (Å²) in [4.78, 5) is 6.42. The lowest BCUT2D eigenvalue weighted by atomic mass is 11.0. The molecule has 66 valence electrons. The predicted molar refractivity (Wildman–Crippen MR) is 55.6 cm³/mol. The summed E-state index contributed by atoms with van der Waals surface area (Å²) in [7, 11) is 1.95. The van der Waals surface area contributed by atoms with Gasteiger partial charge in [-0.05, 0) is 0 Å². The second-order valence-electron chi connectivity index (χ2n) is 1.56. The molecule has 0 radical (unpaired) electrons. The summed E-state index contributed by atoms with van der Waals surface area (Å²) >= 11 is 5.50. The molecule has 12 heavy (non-hydrogen) atoms. The first-order valence-corrected chi connectivity index (χ1v) is 5.98. The Morgan fingerprint density at radius 3 is 2.75 bits per heavy atom. The van der Waals surface area contributed by atoms with Gasteiger partial charge in [0.2, 0.25) is 0 Å². The van der Waals surface area contributed by atoms with Crippen molar-refractivity contribution in [1.29, 1.82) is 0 Å². The van der Waals surface area contributed by atoms with E-state index in [1.807, 2.05) is 0 Å². The van der Waals surface area contributed by atoms with Gasteiger partial charge in [0.1, 0.15) is 0 Å². The summed E-state index contributed by atoms with van der Waals surface area (Å²) in [5.74, 6) is 0. The number of rotatable bonds is 0. The summed E-state index contributed by atoms with van der Waals surface area (Å²) in [6.07, 6.45) is 5.08. The molecular formula is C3H7ClN5P3. The largest absolute Gasteiger partial charge is 0.351 e. The van der Waals surface area contributed by atoms with Crippen LogP contribution < -0.4 is 0 Å². The monoisotopic (exact) mass is 241 g/mol. The van der Waals surface area contributed by atoms with Crippen molar-refractivity contribution in [2.45, 2.75) is 0 Å². The number of aromatic nitrogens is 5. The van der Waals surface area contributed by atoms with E-state index in [1.165, 1.54) is 0 Å². The third-order valence-corrected chi connectivity index (χ3v) is 3.80. The molecule has 2 atom stereocenters. The van der Waals surface area contributed by atoms with Crippen LogP contribution in [-0.2, 0) is 0 Å². The molecule has 0 saturated carbocycles. The molecule has 0 aliphatic rings. The van der Waals surface area contributed by atoms with Crippen LogP contribution in [0.3, 0.4) is 0 Å². The molecule has 0 amide bonds. The smallest absolute Gasteiger partial charge is 0.158 e. The number of H-pyrrole nitrogens is 2. The maximum atomic E-state index is 5.50. The van der Waals surface area contributed by atoms with Crippen molar-refractivity contribution in [3.05, 3.63) is 18.7 Å². The minimum atomic E-state index is 0.530. The average molecular weight is 241 g/mol. The Kier molecular flexibility index (Phi) is 5.21. The molecular weight excluding hydrogens is 234 g/mol. The van der Waals surface area contributed by atoms with Crippen LogP contribution in [0.25, 0.3) is 0 Å². The summed E-state index contributed by atoms with van der Waals surface area (Å²) in [5.41, 5.74) is 0. The molecule has 0 spiro atoms. The van der Waals surface area contributed by atoms with E-state index in [-0.39, 0.29) is 0 Å². The Labute approximate surface area is 79.1 Å². The molecule has 0 fully saturated rings. The van der Waals surface area contributed by atoms with Gasteiger partial charge in [-0.1, -0.05) is 0 Å². The van der Waals surface area contributed by atoms with Gasteiger partial charge in [0, 0.05) is 41.2 Å². The van der Waals surface area contributed by atoms with Gasteiger partial charge in [-0.3, -0.25) is 0 Å². The highest BCUT2D eigenvalue weighted by Crippen LogP contribution is 2.12. The van der Waals surface area contributed by atoms with Gasteiger partial charge >= 0.3 is 0 Å². The summed E-state index contributed by atoms with van der Waals surface area (Å²) < 4.78 is 8.55. The van der Waals surface area contributed by atoms with Crippen molar-refractivity contribution in [3.8, 4) is 0 Å². The summed E-state index contributed by atoms with van der Waals surface area (Å²) in [6, 6.07) is 0. The average Bonchev–Trinajstić information content (AvgIpc) is 2.62. The van der Waals surface area contributed by atoms with Gasteiger partial charge in [-0.2, -0.15) is 8.12 Å². The molecule has 5 nitrogen and oxygen atoms in total. The number of nitrogens with zero attached hydrogens (tertiary/aromatic N) is 3. The molecule has 9 heteroatoms. The van der Waals surface area contributed by atoms with Gasteiger partial charge < -0.3 is 9.49 Å². The van der Waals surface area contributed by atoms with E-state index in [0.29, 0.717) is 17.0 Å². The van der Waals surface area contributed by atoms with Crippen LogP contribution in [0.5, 0.6) is 0 Å². The van der Waals surface area contributed by atoms with E-state index >= 15 is 0 Å². The fourth-order valence-corrected chi connectivity index (χ4v) is 3.82. The quantitative estimate of drug-likeness (QED) is 0.744. The fourth-order valence-electron chi connectivity index (χ4n) is 0.395. The summed E-state index contributed by atoms with van der Waals surface area (Å²) in [6.45, 7) is 0. The zero-order valence-corrected chi connectivity index (χ0v) is 9.55. The Morgan fingerprint density at radius 1 is 1.58 bits per heavy atom. The van der Waals surface area contributed by atoms with E-state index in [2.05, 4.69) is 19.0 Å². The first-order chi connectivity index (χ1) is 5.89. The standard InChI is InChI=1S/C3H4N2.ClH3N3P3/c1-2-5-3-4-1;1-4-6-2-5-3-7-4/h1-3H,(H,4,5);2,5-6H. The number of hydrogen-bond donors (Lipinski definition) is 2. The van der Waals surface area contributed by atoms with Gasteiger partial charge in [-0.15, -0.1) is 0 Å². The lowest BCUT2D eigenvalue weighted by Crippen LogP contribution is -1.61. The zero-order chi connectivity index (χ0) is 8.65. The SMILES string of the molecule is Cln1pn[pH][nH][pH]1.c1c[nH]cn1.